The number of nitrogens with two attached hydrogens (primary N) is 1. The van der Waals surface area contributed by atoms with Gasteiger partial charge in [-0.2, -0.15) is 0 Å². The van der Waals surface area contributed by atoms with Gasteiger partial charge in [0.2, 0.25) is 6.17 Å². The van der Waals surface area contributed by atoms with Crippen LogP contribution in [0.5, 0.6) is 0 Å². The van der Waals surface area contributed by atoms with Gasteiger partial charge < -0.3 is 11.1 Å². The first kappa shape index (κ1) is 11.4. The number of amides is 1. The molecule has 0 saturated carbocycles. The normalized spacial score (nSPS) is 11.9. The summed E-state index contributed by atoms with van der Waals surface area (Å²) in [6.45, 7) is 0. The van der Waals surface area contributed by atoms with Crippen molar-refractivity contribution in [2.45, 2.75) is 6.17 Å². The van der Waals surface area contributed by atoms with E-state index in [1.54, 1.807) is 0 Å². The predicted octanol–water partition coefficient (Wildman–Crippen LogP) is 1.47. The molecule has 1 unspecified atom stereocenters. The zero-order chi connectivity index (χ0) is 11.4. The van der Waals surface area contributed by atoms with Crippen molar-refractivity contribution < 1.29 is 9.18 Å². The Labute approximate surface area is 89.4 Å². The summed E-state index contributed by atoms with van der Waals surface area (Å²) in [4.78, 5) is 20.8. The van der Waals surface area contributed by atoms with E-state index in [2.05, 4.69) is 10.5 Å². The van der Waals surface area contributed by atoms with E-state index in [4.69, 9.17) is 17.3 Å². The lowest BCUT2D eigenvalue weighted by molar-refractivity contribution is -0.118. The number of nitrogens with zero attached hydrogens (tertiary/aromatic N) is 1. The van der Waals surface area contributed by atoms with Crippen LogP contribution in [0, 0.1) is 10.7 Å². The van der Waals surface area contributed by atoms with Crippen LogP contribution in [0.3, 0.4) is 0 Å². The molecule has 1 aromatic carbocycles. The number of hydrogen-bond acceptors (Lipinski definition) is 4. The van der Waals surface area contributed by atoms with Gasteiger partial charge in [0.05, 0.1) is 5.69 Å². The van der Waals surface area contributed by atoms with E-state index in [-0.39, 0.29) is 10.7 Å². The second kappa shape index (κ2) is 4.70. The summed E-state index contributed by atoms with van der Waals surface area (Å²) >= 11 is 5.51. The van der Waals surface area contributed by atoms with Crippen LogP contribution < -0.4 is 11.1 Å². The highest BCUT2D eigenvalue weighted by molar-refractivity contribution is 6.30. The van der Waals surface area contributed by atoms with Gasteiger partial charge in [0.15, 0.2) is 0 Å². The summed E-state index contributed by atoms with van der Waals surface area (Å²) in [7, 11) is 0. The van der Waals surface area contributed by atoms with E-state index in [0.717, 1.165) is 6.07 Å². The van der Waals surface area contributed by atoms with Crippen LogP contribution in [-0.2, 0) is 4.79 Å². The Morgan fingerprint density at radius 3 is 2.73 bits per heavy atom. The van der Waals surface area contributed by atoms with Crippen molar-refractivity contribution in [3.63, 3.8) is 0 Å². The van der Waals surface area contributed by atoms with Crippen molar-refractivity contribution >= 4 is 23.2 Å². The first-order chi connectivity index (χ1) is 7.04. The lowest BCUT2D eigenvalue weighted by Crippen LogP contribution is -2.33. The van der Waals surface area contributed by atoms with Crippen molar-refractivity contribution in [3.8, 4) is 0 Å². The quantitative estimate of drug-likeness (QED) is 0.770. The minimum atomic E-state index is -1.50. The van der Waals surface area contributed by atoms with E-state index in [1.807, 2.05) is 0 Å². The molecule has 0 aliphatic heterocycles. The summed E-state index contributed by atoms with van der Waals surface area (Å²) in [6.07, 6.45) is -1.50. The Hall–Kier alpha value is -1.69. The molecule has 1 aromatic rings. The molecule has 0 bridgehead atoms. The van der Waals surface area contributed by atoms with Gasteiger partial charge in [0, 0.05) is 5.02 Å². The summed E-state index contributed by atoms with van der Waals surface area (Å²) in [6, 6.07) is 3.71. The van der Waals surface area contributed by atoms with Crippen LogP contribution in [0.15, 0.2) is 23.4 Å². The van der Waals surface area contributed by atoms with E-state index in [1.165, 1.54) is 12.1 Å². The van der Waals surface area contributed by atoms with Crippen molar-refractivity contribution in [1.82, 2.24) is 0 Å². The van der Waals surface area contributed by atoms with Gasteiger partial charge in [0.1, 0.15) is 5.82 Å². The zero-order valence-electron chi connectivity index (χ0n) is 7.41. The minimum Gasteiger partial charge on any atom is -0.366 e. The van der Waals surface area contributed by atoms with Crippen LogP contribution in [0.1, 0.15) is 0 Å². The van der Waals surface area contributed by atoms with Crippen molar-refractivity contribution in [1.29, 1.82) is 0 Å². The number of hydrogen-bond donors (Lipinski definition) is 2. The molecule has 1 amide bonds. The van der Waals surface area contributed by atoms with Crippen LogP contribution in [0.25, 0.3) is 0 Å². The lowest BCUT2D eigenvalue weighted by atomic mass is 10.3. The largest absolute Gasteiger partial charge is 0.366 e. The summed E-state index contributed by atoms with van der Waals surface area (Å²) in [5.74, 6) is -1.68. The average molecular weight is 232 g/mol. The smallest absolute Gasteiger partial charge is 0.266 e. The Morgan fingerprint density at radius 1 is 1.60 bits per heavy atom. The third-order valence-corrected chi connectivity index (χ3v) is 1.83. The Morgan fingerprint density at radius 2 is 2.27 bits per heavy atom. The number of halogens is 2. The zero-order valence-corrected chi connectivity index (χ0v) is 8.16. The van der Waals surface area contributed by atoms with Crippen LogP contribution in [0.2, 0.25) is 5.02 Å². The van der Waals surface area contributed by atoms with Crippen molar-refractivity contribution in [3.05, 3.63) is 33.9 Å². The molecule has 0 heterocycles. The van der Waals surface area contributed by atoms with Gasteiger partial charge in [-0.15, -0.1) is 4.91 Å². The number of nitroso groups, excluding NO2 is 1. The fourth-order valence-corrected chi connectivity index (χ4v) is 1.06. The van der Waals surface area contributed by atoms with Crippen molar-refractivity contribution in [2.75, 3.05) is 5.32 Å². The van der Waals surface area contributed by atoms with E-state index < -0.39 is 17.9 Å². The monoisotopic (exact) mass is 231 g/mol. The number of benzene rings is 1. The van der Waals surface area contributed by atoms with Crippen LogP contribution in [-0.4, -0.2) is 12.1 Å². The molecule has 0 aromatic heterocycles. The van der Waals surface area contributed by atoms with E-state index in [9.17, 15) is 14.1 Å². The third-order valence-electron chi connectivity index (χ3n) is 1.60. The highest BCUT2D eigenvalue weighted by Crippen LogP contribution is 2.19. The molecule has 15 heavy (non-hydrogen) atoms. The molecule has 0 radical (unpaired) electrons. The van der Waals surface area contributed by atoms with Gasteiger partial charge >= 0.3 is 0 Å². The SMILES string of the molecule is NC(=O)C(N=O)Nc1ccc(Cl)cc1F. The lowest BCUT2D eigenvalue weighted by Gasteiger charge is -2.09. The second-order valence-corrected chi connectivity index (χ2v) is 3.12. The summed E-state index contributed by atoms with van der Waals surface area (Å²) in [5.41, 5.74) is 4.76. The van der Waals surface area contributed by atoms with Gasteiger partial charge in [-0.3, -0.25) is 4.79 Å². The van der Waals surface area contributed by atoms with Crippen molar-refractivity contribution in [2.24, 2.45) is 10.9 Å². The number of nitrogens with one attached hydrogen (secondary N) is 1. The molecule has 5 nitrogen and oxygen atoms in total. The fourth-order valence-electron chi connectivity index (χ4n) is 0.903. The van der Waals surface area contributed by atoms with Gasteiger partial charge in [-0.1, -0.05) is 11.6 Å². The first-order valence-corrected chi connectivity index (χ1v) is 4.25. The molecule has 0 spiro atoms. The molecule has 1 rings (SSSR count). The predicted molar refractivity (Wildman–Crippen MR) is 53.8 cm³/mol. The molecular weight excluding hydrogens is 225 g/mol. The number of carbonyl (C=O) groups is 1. The number of primary amides is 1. The maximum absolute atomic E-state index is 13.2. The summed E-state index contributed by atoms with van der Waals surface area (Å²) < 4.78 is 13.2. The first-order valence-electron chi connectivity index (χ1n) is 3.88. The molecule has 7 heteroatoms. The molecule has 0 aliphatic rings. The average Bonchev–Trinajstić information content (AvgIpc) is 2.16. The third kappa shape index (κ3) is 2.88. The van der Waals surface area contributed by atoms with Gasteiger partial charge in [-0.25, -0.2) is 4.39 Å². The maximum atomic E-state index is 13.2. The van der Waals surface area contributed by atoms with E-state index in [0.29, 0.717) is 0 Å². The molecule has 0 saturated heterocycles. The number of carbonyl (C=O) groups excluding carboxylic acids is 1. The molecule has 80 valence electrons. The summed E-state index contributed by atoms with van der Waals surface area (Å²) in [5, 5.41) is 4.85. The fraction of sp³-hybridized carbons (Fsp3) is 0.125. The highest BCUT2D eigenvalue weighted by Gasteiger charge is 2.16. The number of rotatable bonds is 4. The standard InChI is InChI=1S/C8H7ClFN3O2/c9-4-1-2-6(5(10)3-4)12-8(13-15)7(11)14/h1-3,8,12H,(H2,11,14). The molecular formula is C8H7ClFN3O2. The molecule has 1 atom stereocenters. The number of anilines is 1. The highest BCUT2D eigenvalue weighted by atomic mass is 35.5. The Balaban J connectivity index is 2.88. The molecule has 3 N–H and O–H groups in total. The topological polar surface area (TPSA) is 84.6 Å². The van der Waals surface area contributed by atoms with Crippen LogP contribution >= 0.6 is 11.6 Å². The Bertz CT molecular complexity index is 399. The minimum absolute atomic E-state index is 0.0669. The van der Waals surface area contributed by atoms with Gasteiger partial charge in [0.25, 0.3) is 5.91 Å². The van der Waals surface area contributed by atoms with Gasteiger partial charge in [-0.05, 0) is 23.4 Å². The Kier molecular flexibility index (Phi) is 3.56. The molecule has 0 fully saturated rings. The van der Waals surface area contributed by atoms with Crippen LogP contribution in [0.4, 0.5) is 10.1 Å². The van der Waals surface area contributed by atoms with E-state index >= 15 is 0 Å². The maximum Gasteiger partial charge on any atom is 0.266 e. The second-order valence-electron chi connectivity index (χ2n) is 2.68. The molecule has 0 aliphatic carbocycles.